The van der Waals surface area contributed by atoms with Gasteiger partial charge in [-0.3, -0.25) is 4.57 Å². The summed E-state index contributed by atoms with van der Waals surface area (Å²) in [5.41, 5.74) is 0. The van der Waals surface area contributed by atoms with Crippen molar-refractivity contribution >= 4 is 17.3 Å². The van der Waals surface area contributed by atoms with Gasteiger partial charge in [-0.1, -0.05) is 0 Å². The van der Waals surface area contributed by atoms with E-state index in [1.807, 2.05) is 10.8 Å². The highest BCUT2D eigenvalue weighted by Gasteiger charge is 2.19. The second-order valence-electron chi connectivity index (χ2n) is 3.47. The maximum Gasteiger partial charge on any atom is 0.181 e. The van der Waals surface area contributed by atoms with Crippen LogP contribution in [-0.4, -0.2) is 43.9 Å². The van der Waals surface area contributed by atoms with Gasteiger partial charge in [0.05, 0.1) is 6.10 Å². The number of hydrogen-bond donors (Lipinski definition) is 1. The van der Waals surface area contributed by atoms with Gasteiger partial charge in [-0.25, -0.2) is 4.98 Å². The zero-order valence-electron chi connectivity index (χ0n) is 7.83. The second-order valence-corrected chi connectivity index (χ2v) is 3.84. The molecule has 0 atom stereocenters. The lowest BCUT2D eigenvalue weighted by molar-refractivity contribution is 0.109. The van der Waals surface area contributed by atoms with Gasteiger partial charge in [0.2, 0.25) is 0 Å². The fourth-order valence-corrected chi connectivity index (χ4v) is 1.88. The molecule has 1 aliphatic heterocycles. The molecule has 0 bridgehead atoms. The van der Waals surface area contributed by atoms with E-state index in [4.69, 9.17) is 12.2 Å². The van der Waals surface area contributed by atoms with Gasteiger partial charge in [-0.05, 0) is 25.1 Å². The number of likely N-dealkylation sites (tertiary alicyclic amines) is 1. The molecule has 1 fully saturated rings. The third-order valence-electron chi connectivity index (χ3n) is 2.46. The number of imidazole rings is 1. The summed E-state index contributed by atoms with van der Waals surface area (Å²) in [7, 11) is 0. The van der Waals surface area contributed by atoms with Crippen LogP contribution in [0.3, 0.4) is 0 Å². The van der Waals surface area contributed by atoms with E-state index >= 15 is 0 Å². The van der Waals surface area contributed by atoms with Crippen LogP contribution >= 0.6 is 12.2 Å². The van der Waals surface area contributed by atoms with Gasteiger partial charge in [0, 0.05) is 25.5 Å². The standard InChI is InChI=1S/C9H13N3OS/c13-8-1-4-11(5-2-8)9(14)12-6-3-10-7-12/h3,6-8,13H,1-2,4-5H2. The average Bonchev–Trinajstić information content (AvgIpc) is 2.71. The van der Waals surface area contributed by atoms with Crippen molar-refractivity contribution in [3.05, 3.63) is 18.7 Å². The SMILES string of the molecule is OC1CCN(C(=S)n2ccnc2)CC1. The van der Waals surface area contributed by atoms with Crippen LogP contribution in [-0.2, 0) is 0 Å². The smallest absolute Gasteiger partial charge is 0.181 e. The summed E-state index contributed by atoms with van der Waals surface area (Å²) < 4.78 is 1.83. The van der Waals surface area contributed by atoms with Gasteiger partial charge in [-0.15, -0.1) is 0 Å². The van der Waals surface area contributed by atoms with Crippen molar-refractivity contribution in [3.63, 3.8) is 0 Å². The average molecular weight is 211 g/mol. The van der Waals surface area contributed by atoms with E-state index in [1.54, 1.807) is 12.5 Å². The lowest BCUT2D eigenvalue weighted by Gasteiger charge is -2.31. The fraction of sp³-hybridized carbons (Fsp3) is 0.556. The van der Waals surface area contributed by atoms with Crippen molar-refractivity contribution in [1.29, 1.82) is 0 Å². The number of piperidine rings is 1. The summed E-state index contributed by atoms with van der Waals surface area (Å²) in [5.74, 6) is 0. The van der Waals surface area contributed by atoms with Gasteiger partial charge >= 0.3 is 0 Å². The zero-order valence-corrected chi connectivity index (χ0v) is 8.65. The Hall–Kier alpha value is -0.940. The lowest BCUT2D eigenvalue weighted by Crippen LogP contribution is -2.41. The minimum atomic E-state index is -0.156. The Morgan fingerprint density at radius 2 is 2.14 bits per heavy atom. The Kier molecular flexibility index (Phi) is 2.79. The van der Waals surface area contributed by atoms with E-state index in [-0.39, 0.29) is 6.10 Å². The molecule has 1 aromatic rings. The molecule has 0 unspecified atom stereocenters. The minimum Gasteiger partial charge on any atom is -0.393 e. The zero-order chi connectivity index (χ0) is 9.97. The molecule has 1 aliphatic rings. The molecule has 76 valence electrons. The molecule has 0 saturated carbocycles. The molecular weight excluding hydrogens is 198 g/mol. The maximum absolute atomic E-state index is 9.35. The van der Waals surface area contributed by atoms with Crippen LogP contribution in [0, 0.1) is 0 Å². The number of nitrogens with zero attached hydrogens (tertiary/aromatic N) is 3. The maximum atomic E-state index is 9.35. The summed E-state index contributed by atoms with van der Waals surface area (Å²) in [5, 5.41) is 10.1. The molecule has 0 amide bonds. The molecule has 0 spiro atoms. The van der Waals surface area contributed by atoms with Gasteiger partial charge in [0.1, 0.15) is 6.33 Å². The van der Waals surface area contributed by atoms with Crippen molar-refractivity contribution in [2.45, 2.75) is 18.9 Å². The Labute approximate surface area is 88.2 Å². The fourth-order valence-electron chi connectivity index (χ4n) is 1.59. The molecular formula is C9H13N3OS. The summed E-state index contributed by atoms with van der Waals surface area (Å²) in [6.07, 6.45) is 6.70. The third kappa shape index (κ3) is 1.93. The molecule has 2 rings (SSSR count). The van der Waals surface area contributed by atoms with Gasteiger partial charge in [0.25, 0.3) is 0 Å². The highest BCUT2D eigenvalue weighted by molar-refractivity contribution is 7.80. The Morgan fingerprint density at radius 1 is 1.43 bits per heavy atom. The summed E-state index contributed by atoms with van der Waals surface area (Å²) in [4.78, 5) is 6.05. The molecule has 14 heavy (non-hydrogen) atoms. The largest absolute Gasteiger partial charge is 0.393 e. The van der Waals surface area contributed by atoms with Crippen molar-refractivity contribution in [2.75, 3.05) is 13.1 Å². The van der Waals surface area contributed by atoms with Crippen molar-refractivity contribution in [2.24, 2.45) is 0 Å². The quantitative estimate of drug-likeness (QED) is 0.633. The van der Waals surface area contributed by atoms with Crippen LogP contribution in [0.15, 0.2) is 18.7 Å². The topological polar surface area (TPSA) is 41.3 Å². The molecule has 0 radical (unpaired) electrons. The minimum absolute atomic E-state index is 0.156. The summed E-state index contributed by atoms with van der Waals surface area (Å²) >= 11 is 5.30. The molecule has 0 aliphatic carbocycles. The summed E-state index contributed by atoms with van der Waals surface area (Å²) in [6.45, 7) is 1.66. The van der Waals surface area contributed by atoms with Crippen LogP contribution in [0.4, 0.5) is 0 Å². The molecule has 2 heterocycles. The monoisotopic (exact) mass is 211 g/mol. The molecule has 4 nitrogen and oxygen atoms in total. The van der Waals surface area contributed by atoms with E-state index < -0.39 is 0 Å². The molecule has 5 heteroatoms. The second kappa shape index (κ2) is 4.06. The molecule has 1 aromatic heterocycles. The molecule has 1 N–H and O–H groups in total. The van der Waals surface area contributed by atoms with Crippen LogP contribution in [0.1, 0.15) is 12.8 Å². The van der Waals surface area contributed by atoms with E-state index in [0.29, 0.717) is 0 Å². The van der Waals surface area contributed by atoms with Crippen molar-refractivity contribution < 1.29 is 5.11 Å². The van der Waals surface area contributed by atoms with E-state index in [1.165, 1.54) is 0 Å². The Bertz CT molecular complexity index is 304. The molecule has 1 saturated heterocycles. The highest BCUT2D eigenvalue weighted by Crippen LogP contribution is 2.11. The van der Waals surface area contributed by atoms with Crippen LogP contribution in [0.25, 0.3) is 0 Å². The predicted octanol–water partition coefficient (Wildman–Crippen LogP) is 0.473. The van der Waals surface area contributed by atoms with Crippen LogP contribution in [0.2, 0.25) is 0 Å². The van der Waals surface area contributed by atoms with E-state index in [2.05, 4.69) is 9.88 Å². The van der Waals surface area contributed by atoms with Crippen LogP contribution in [0.5, 0.6) is 0 Å². The van der Waals surface area contributed by atoms with E-state index in [0.717, 1.165) is 31.0 Å². The lowest BCUT2D eigenvalue weighted by atomic mass is 10.1. The predicted molar refractivity (Wildman–Crippen MR) is 57.0 cm³/mol. The number of aliphatic hydroxyl groups is 1. The van der Waals surface area contributed by atoms with Gasteiger partial charge in [0.15, 0.2) is 5.11 Å². The molecule has 0 aromatic carbocycles. The number of rotatable bonds is 0. The Morgan fingerprint density at radius 3 is 2.71 bits per heavy atom. The summed E-state index contributed by atoms with van der Waals surface area (Å²) in [6, 6.07) is 0. The highest BCUT2D eigenvalue weighted by atomic mass is 32.1. The van der Waals surface area contributed by atoms with Gasteiger partial charge < -0.3 is 10.0 Å². The van der Waals surface area contributed by atoms with E-state index in [9.17, 15) is 5.11 Å². The van der Waals surface area contributed by atoms with Crippen molar-refractivity contribution in [3.8, 4) is 0 Å². The number of aliphatic hydroxyl groups excluding tert-OH is 1. The first-order valence-corrected chi connectivity index (χ1v) is 5.13. The number of hydrogen-bond acceptors (Lipinski definition) is 3. The van der Waals surface area contributed by atoms with Gasteiger partial charge in [-0.2, -0.15) is 0 Å². The van der Waals surface area contributed by atoms with Crippen LogP contribution < -0.4 is 0 Å². The first-order valence-electron chi connectivity index (χ1n) is 4.72. The number of aromatic nitrogens is 2. The first kappa shape index (κ1) is 9.61. The Balaban J connectivity index is 1.99. The third-order valence-corrected chi connectivity index (χ3v) is 2.93. The normalized spacial score (nSPS) is 18.5. The number of thiocarbonyl (C=S) groups is 1. The van der Waals surface area contributed by atoms with Crippen molar-refractivity contribution in [1.82, 2.24) is 14.5 Å². The first-order chi connectivity index (χ1) is 6.77.